The summed E-state index contributed by atoms with van der Waals surface area (Å²) in [6.07, 6.45) is 5.04. The second-order valence-electron chi connectivity index (χ2n) is 5.25. The highest BCUT2D eigenvalue weighted by Crippen LogP contribution is 2.18. The first-order valence-electron chi connectivity index (χ1n) is 7.61. The van der Waals surface area contributed by atoms with Crippen LogP contribution in [0.3, 0.4) is 0 Å². The molecule has 126 valence electrons. The monoisotopic (exact) mass is 345 g/mol. The predicted molar refractivity (Wildman–Crippen MR) is 95.3 cm³/mol. The van der Waals surface area contributed by atoms with Crippen LogP contribution in [0.25, 0.3) is 0 Å². The van der Waals surface area contributed by atoms with Crippen LogP contribution < -0.4 is 16.0 Å². The number of hydrogen-bond acceptors (Lipinski definition) is 6. The summed E-state index contributed by atoms with van der Waals surface area (Å²) in [6, 6.07) is 3.53. The molecule has 3 N–H and O–H groups in total. The van der Waals surface area contributed by atoms with E-state index < -0.39 is 0 Å². The van der Waals surface area contributed by atoms with E-state index in [-0.39, 0.29) is 12.5 Å². The van der Waals surface area contributed by atoms with Crippen molar-refractivity contribution in [2.45, 2.75) is 0 Å². The zero-order valence-corrected chi connectivity index (χ0v) is 13.9. The fourth-order valence-corrected chi connectivity index (χ4v) is 3.09. The van der Waals surface area contributed by atoms with Crippen LogP contribution in [-0.4, -0.2) is 59.5 Å². The third kappa shape index (κ3) is 4.19. The Kier molecular flexibility index (Phi) is 5.22. The summed E-state index contributed by atoms with van der Waals surface area (Å²) in [7, 11) is 0. The van der Waals surface area contributed by atoms with Gasteiger partial charge in [0.1, 0.15) is 6.54 Å². The lowest BCUT2D eigenvalue weighted by Crippen LogP contribution is -2.51. The number of amides is 1. The molecule has 0 aromatic carbocycles. The van der Waals surface area contributed by atoms with Crippen molar-refractivity contribution < 1.29 is 4.79 Å². The minimum Gasteiger partial charge on any atom is -0.370 e. The number of aromatic nitrogens is 2. The van der Waals surface area contributed by atoms with E-state index in [1.807, 2.05) is 16.5 Å². The SMILES string of the molecule is NC(=NCC(=O)Nc1cccnc1)N1CCN(c2nccs2)CC1. The number of carbonyl (C=O) groups excluding carboxylic acids is 1. The molecule has 8 nitrogen and oxygen atoms in total. The van der Waals surface area contributed by atoms with Gasteiger partial charge in [0.15, 0.2) is 11.1 Å². The van der Waals surface area contributed by atoms with E-state index in [0.717, 1.165) is 31.3 Å². The van der Waals surface area contributed by atoms with Gasteiger partial charge in [-0.15, -0.1) is 11.3 Å². The molecule has 0 aliphatic carbocycles. The first kappa shape index (κ1) is 16.2. The Morgan fingerprint density at radius 1 is 1.33 bits per heavy atom. The minimum absolute atomic E-state index is 0.00653. The second-order valence-corrected chi connectivity index (χ2v) is 6.13. The molecule has 1 aliphatic heterocycles. The number of aliphatic imine (C=N–C) groups is 1. The predicted octanol–water partition coefficient (Wildman–Crippen LogP) is 0.613. The molecule has 2 aromatic rings. The van der Waals surface area contributed by atoms with Crippen LogP contribution in [0.5, 0.6) is 0 Å². The first-order valence-corrected chi connectivity index (χ1v) is 8.49. The van der Waals surface area contributed by atoms with Gasteiger partial charge in [0, 0.05) is 44.0 Å². The van der Waals surface area contributed by atoms with E-state index in [9.17, 15) is 4.79 Å². The maximum atomic E-state index is 11.9. The van der Waals surface area contributed by atoms with Gasteiger partial charge in [-0.05, 0) is 12.1 Å². The van der Waals surface area contributed by atoms with Crippen LogP contribution in [-0.2, 0) is 4.79 Å². The number of piperazine rings is 1. The van der Waals surface area contributed by atoms with Gasteiger partial charge in [-0.1, -0.05) is 0 Å². The average molecular weight is 345 g/mol. The molecule has 2 aromatic heterocycles. The smallest absolute Gasteiger partial charge is 0.246 e. The van der Waals surface area contributed by atoms with Crippen molar-refractivity contribution in [1.82, 2.24) is 14.9 Å². The summed E-state index contributed by atoms with van der Waals surface area (Å²) in [5, 5.41) is 5.73. The molecule has 0 unspecified atom stereocenters. The molecule has 1 fully saturated rings. The third-order valence-electron chi connectivity index (χ3n) is 3.62. The number of rotatable bonds is 4. The van der Waals surface area contributed by atoms with E-state index in [1.165, 1.54) is 0 Å². The Morgan fingerprint density at radius 3 is 2.83 bits per heavy atom. The van der Waals surface area contributed by atoms with E-state index in [2.05, 4.69) is 25.2 Å². The molecule has 1 amide bonds. The Balaban J connectivity index is 1.47. The summed E-state index contributed by atoms with van der Waals surface area (Å²) < 4.78 is 0. The Labute approximate surface area is 144 Å². The van der Waals surface area contributed by atoms with E-state index in [4.69, 9.17) is 5.73 Å². The van der Waals surface area contributed by atoms with Crippen LogP contribution in [0.4, 0.5) is 10.8 Å². The van der Waals surface area contributed by atoms with Crippen LogP contribution >= 0.6 is 11.3 Å². The molecule has 0 bridgehead atoms. The summed E-state index contributed by atoms with van der Waals surface area (Å²) >= 11 is 1.63. The van der Waals surface area contributed by atoms with Crippen molar-refractivity contribution in [2.75, 3.05) is 42.9 Å². The van der Waals surface area contributed by atoms with Crippen molar-refractivity contribution in [3.63, 3.8) is 0 Å². The van der Waals surface area contributed by atoms with Gasteiger partial charge in [0.05, 0.1) is 11.9 Å². The van der Waals surface area contributed by atoms with Crippen LogP contribution in [0.1, 0.15) is 0 Å². The largest absolute Gasteiger partial charge is 0.370 e. The molecule has 1 saturated heterocycles. The van der Waals surface area contributed by atoms with Crippen LogP contribution in [0, 0.1) is 0 Å². The van der Waals surface area contributed by atoms with Crippen molar-refractivity contribution in [1.29, 1.82) is 0 Å². The maximum absolute atomic E-state index is 11.9. The number of guanidine groups is 1. The van der Waals surface area contributed by atoms with Gasteiger partial charge in [-0.25, -0.2) is 9.98 Å². The molecule has 3 rings (SSSR count). The van der Waals surface area contributed by atoms with Crippen LogP contribution in [0.15, 0.2) is 41.1 Å². The molecular formula is C15H19N7OS. The van der Waals surface area contributed by atoms with Gasteiger partial charge in [0.2, 0.25) is 5.91 Å². The summed E-state index contributed by atoms with van der Waals surface area (Å²) in [5.41, 5.74) is 6.65. The molecule has 9 heteroatoms. The Hall–Kier alpha value is -2.68. The highest BCUT2D eigenvalue weighted by molar-refractivity contribution is 7.13. The van der Waals surface area contributed by atoms with Gasteiger partial charge < -0.3 is 20.9 Å². The first-order chi connectivity index (χ1) is 11.7. The zero-order valence-electron chi connectivity index (χ0n) is 13.1. The number of anilines is 2. The molecule has 24 heavy (non-hydrogen) atoms. The molecule has 3 heterocycles. The van der Waals surface area contributed by atoms with Gasteiger partial charge in [-0.3, -0.25) is 9.78 Å². The lowest BCUT2D eigenvalue weighted by Gasteiger charge is -2.35. The highest BCUT2D eigenvalue weighted by atomic mass is 32.1. The molecule has 0 atom stereocenters. The van der Waals surface area contributed by atoms with Crippen molar-refractivity contribution >= 4 is 34.0 Å². The van der Waals surface area contributed by atoms with E-state index in [0.29, 0.717) is 11.6 Å². The summed E-state index contributed by atoms with van der Waals surface area (Å²) in [6.45, 7) is 3.20. The molecule has 0 radical (unpaired) electrons. The lowest BCUT2D eigenvalue weighted by atomic mass is 10.3. The van der Waals surface area contributed by atoms with E-state index in [1.54, 1.807) is 35.9 Å². The average Bonchev–Trinajstić information content (AvgIpc) is 3.15. The normalized spacial score (nSPS) is 15.4. The van der Waals surface area contributed by atoms with Gasteiger partial charge >= 0.3 is 0 Å². The van der Waals surface area contributed by atoms with Crippen molar-refractivity contribution in [3.05, 3.63) is 36.1 Å². The lowest BCUT2D eigenvalue weighted by molar-refractivity contribution is -0.114. The summed E-state index contributed by atoms with van der Waals surface area (Å²) in [4.78, 5) is 28.5. The van der Waals surface area contributed by atoms with Crippen LogP contribution in [0.2, 0.25) is 0 Å². The topological polar surface area (TPSA) is 99.7 Å². The zero-order chi connectivity index (χ0) is 16.8. The minimum atomic E-state index is -0.215. The van der Waals surface area contributed by atoms with Gasteiger partial charge in [-0.2, -0.15) is 0 Å². The number of pyridine rings is 1. The fourth-order valence-electron chi connectivity index (χ4n) is 2.39. The molecule has 0 saturated carbocycles. The standard InChI is InChI=1S/C15H19N7OS/c16-14(19-11-13(23)20-12-2-1-3-17-10-12)21-5-7-22(8-6-21)15-18-4-9-24-15/h1-4,9-10H,5-8,11H2,(H2,16,19)(H,20,23). The number of nitrogens with one attached hydrogen (secondary N) is 1. The van der Waals surface area contributed by atoms with E-state index >= 15 is 0 Å². The molecule has 0 spiro atoms. The Morgan fingerprint density at radius 2 is 2.17 bits per heavy atom. The summed E-state index contributed by atoms with van der Waals surface area (Å²) in [5.74, 6) is 0.183. The van der Waals surface area contributed by atoms with Gasteiger partial charge in [0.25, 0.3) is 0 Å². The van der Waals surface area contributed by atoms with Crippen molar-refractivity contribution in [2.24, 2.45) is 10.7 Å². The Bertz CT molecular complexity index is 681. The number of nitrogens with two attached hydrogens (primary N) is 1. The fraction of sp³-hybridized carbons (Fsp3) is 0.333. The number of hydrogen-bond donors (Lipinski definition) is 2. The molecule has 1 aliphatic rings. The number of thiazole rings is 1. The molecular weight excluding hydrogens is 326 g/mol. The number of nitrogens with zero attached hydrogens (tertiary/aromatic N) is 5. The second kappa shape index (κ2) is 7.73. The number of carbonyl (C=O) groups is 1. The highest BCUT2D eigenvalue weighted by Gasteiger charge is 2.19. The quantitative estimate of drug-likeness (QED) is 0.622. The third-order valence-corrected chi connectivity index (χ3v) is 4.46. The maximum Gasteiger partial charge on any atom is 0.246 e. The van der Waals surface area contributed by atoms with Crippen molar-refractivity contribution in [3.8, 4) is 0 Å².